The molecule has 12 heavy (non-hydrogen) atoms. The van der Waals surface area contributed by atoms with E-state index in [9.17, 15) is 18.0 Å². The zero-order valence-corrected chi connectivity index (χ0v) is 6.73. The van der Waals surface area contributed by atoms with Crippen LogP contribution in [0.1, 0.15) is 13.8 Å². The van der Waals surface area contributed by atoms with Gasteiger partial charge in [0.1, 0.15) is 0 Å². The average Bonchev–Trinajstić information content (AvgIpc) is 1.98. The molecule has 0 bridgehead atoms. The molecule has 0 aromatic rings. The van der Waals surface area contributed by atoms with E-state index in [1.54, 1.807) is 13.8 Å². The molecule has 0 atom stereocenters. The van der Waals surface area contributed by atoms with E-state index in [-0.39, 0.29) is 12.5 Å². The van der Waals surface area contributed by atoms with Gasteiger partial charge < -0.3 is 4.74 Å². The summed E-state index contributed by atoms with van der Waals surface area (Å²) in [4.78, 5) is 10.4. The highest BCUT2D eigenvalue weighted by molar-refractivity contribution is 5.86. The number of esters is 1. The van der Waals surface area contributed by atoms with E-state index in [0.29, 0.717) is 0 Å². The highest BCUT2D eigenvalue weighted by atomic mass is 19.3. The minimum Gasteiger partial charge on any atom is -0.460 e. The molecule has 0 saturated carbocycles. The Bertz CT molecular complexity index is 195. The second-order valence-electron chi connectivity index (χ2n) is 2.57. The smallest absolute Gasteiger partial charge is 0.372 e. The molecule has 0 heterocycles. The van der Waals surface area contributed by atoms with Crippen molar-refractivity contribution in [2.75, 3.05) is 6.61 Å². The molecule has 0 fully saturated rings. The highest BCUT2D eigenvalue weighted by Gasteiger charge is 2.17. The Labute approximate surface area is 68.0 Å². The molecule has 0 saturated heterocycles. The van der Waals surface area contributed by atoms with Gasteiger partial charge in [0.25, 0.3) is 5.83 Å². The largest absolute Gasteiger partial charge is 0.460 e. The third-order valence-corrected chi connectivity index (χ3v) is 0.893. The molecular formula is C7H9F3O2. The Morgan fingerprint density at radius 3 is 2.17 bits per heavy atom. The zero-order chi connectivity index (χ0) is 9.72. The summed E-state index contributed by atoms with van der Waals surface area (Å²) in [7, 11) is 0. The highest BCUT2D eigenvalue weighted by Crippen LogP contribution is 2.11. The zero-order valence-electron chi connectivity index (χ0n) is 6.73. The van der Waals surface area contributed by atoms with Crippen LogP contribution in [0.4, 0.5) is 13.2 Å². The van der Waals surface area contributed by atoms with E-state index < -0.39 is 17.9 Å². The molecule has 0 aliphatic heterocycles. The molecular weight excluding hydrogens is 173 g/mol. The first-order valence-corrected chi connectivity index (χ1v) is 3.33. The van der Waals surface area contributed by atoms with E-state index in [2.05, 4.69) is 4.74 Å². The number of ether oxygens (including phenoxy) is 1. The standard InChI is InChI=1S/C7H9F3O2/c1-4(2)3-12-7(11)5(8)6(9)10/h4H,3H2,1-2H3. The van der Waals surface area contributed by atoms with E-state index in [1.165, 1.54) is 0 Å². The first-order valence-electron chi connectivity index (χ1n) is 3.33. The Hall–Kier alpha value is -1.00. The third-order valence-electron chi connectivity index (χ3n) is 0.893. The molecule has 0 aliphatic carbocycles. The Kier molecular flexibility index (Phi) is 4.39. The second-order valence-corrected chi connectivity index (χ2v) is 2.57. The predicted octanol–water partition coefficient (Wildman–Crippen LogP) is 2.26. The SMILES string of the molecule is CC(C)COC(=O)C(F)=C(F)F. The molecule has 0 aliphatic rings. The van der Waals surface area contributed by atoms with Crippen molar-refractivity contribution in [3.63, 3.8) is 0 Å². The van der Waals surface area contributed by atoms with Crippen molar-refractivity contribution in [2.45, 2.75) is 13.8 Å². The lowest BCUT2D eigenvalue weighted by molar-refractivity contribution is -0.142. The molecule has 0 N–H and O–H groups in total. The maximum Gasteiger partial charge on any atom is 0.372 e. The van der Waals surface area contributed by atoms with Gasteiger partial charge >= 0.3 is 12.0 Å². The first-order chi connectivity index (χ1) is 5.45. The number of rotatable bonds is 3. The molecule has 0 radical (unpaired) electrons. The van der Waals surface area contributed by atoms with E-state index in [1.807, 2.05) is 0 Å². The number of halogens is 3. The lowest BCUT2D eigenvalue weighted by Gasteiger charge is -2.04. The molecule has 0 aromatic carbocycles. The lowest BCUT2D eigenvalue weighted by Crippen LogP contribution is -2.10. The molecule has 0 rings (SSSR count). The van der Waals surface area contributed by atoms with Gasteiger partial charge in [-0.15, -0.1) is 0 Å². The summed E-state index contributed by atoms with van der Waals surface area (Å²) in [5.41, 5.74) is 0. The van der Waals surface area contributed by atoms with Gasteiger partial charge in [-0.1, -0.05) is 13.8 Å². The number of carbonyl (C=O) groups excluding carboxylic acids is 1. The summed E-state index contributed by atoms with van der Waals surface area (Å²) in [6.07, 6.45) is -2.65. The number of carbonyl (C=O) groups is 1. The Balaban J connectivity index is 3.98. The van der Waals surface area contributed by atoms with Gasteiger partial charge in [0, 0.05) is 0 Å². The van der Waals surface area contributed by atoms with E-state index in [0.717, 1.165) is 0 Å². The Morgan fingerprint density at radius 2 is 1.83 bits per heavy atom. The fourth-order valence-corrected chi connectivity index (χ4v) is 0.383. The normalized spacial score (nSPS) is 9.83. The van der Waals surface area contributed by atoms with Crippen LogP contribution in [0.2, 0.25) is 0 Å². The molecule has 2 nitrogen and oxygen atoms in total. The average molecular weight is 182 g/mol. The first kappa shape index (κ1) is 11.0. The summed E-state index contributed by atoms with van der Waals surface area (Å²) in [5.74, 6) is -3.73. The van der Waals surface area contributed by atoms with Crippen LogP contribution in [-0.4, -0.2) is 12.6 Å². The summed E-state index contributed by atoms with van der Waals surface area (Å²) in [6.45, 7) is 3.35. The number of hydrogen-bond acceptors (Lipinski definition) is 2. The van der Waals surface area contributed by atoms with Gasteiger partial charge in [0.05, 0.1) is 6.61 Å². The van der Waals surface area contributed by atoms with Gasteiger partial charge in [-0.05, 0) is 5.92 Å². The minimum absolute atomic E-state index is 0.00979. The van der Waals surface area contributed by atoms with Crippen LogP contribution in [0.25, 0.3) is 0 Å². The molecule has 0 spiro atoms. The van der Waals surface area contributed by atoms with Crippen molar-refractivity contribution in [3.8, 4) is 0 Å². The van der Waals surface area contributed by atoms with Crippen molar-refractivity contribution in [1.29, 1.82) is 0 Å². The Morgan fingerprint density at radius 1 is 1.33 bits per heavy atom. The van der Waals surface area contributed by atoms with Crippen molar-refractivity contribution < 1.29 is 22.7 Å². The van der Waals surface area contributed by atoms with Gasteiger partial charge in [-0.2, -0.15) is 13.2 Å². The molecule has 5 heteroatoms. The van der Waals surface area contributed by atoms with Crippen LogP contribution in [0.5, 0.6) is 0 Å². The van der Waals surface area contributed by atoms with Crippen LogP contribution in [0.15, 0.2) is 11.9 Å². The molecule has 0 amide bonds. The van der Waals surface area contributed by atoms with E-state index in [4.69, 9.17) is 0 Å². The van der Waals surface area contributed by atoms with Gasteiger partial charge in [-0.25, -0.2) is 4.79 Å². The quantitative estimate of drug-likeness (QED) is 0.494. The van der Waals surface area contributed by atoms with Crippen molar-refractivity contribution in [1.82, 2.24) is 0 Å². The summed E-state index contributed by atoms with van der Waals surface area (Å²) >= 11 is 0. The fourth-order valence-electron chi connectivity index (χ4n) is 0.383. The maximum atomic E-state index is 12.0. The van der Waals surface area contributed by atoms with Crippen LogP contribution in [-0.2, 0) is 9.53 Å². The summed E-state index contributed by atoms with van der Waals surface area (Å²) in [6, 6.07) is 0. The molecule has 0 aromatic heterocycles. The van der Waals surface area contributed by atoms with Crippen LogP contribution < -0.4 is 0 Å². The second kappa shape index (κ2) is 4.79. The van der Waals surface area contributed by atoms with Gasteiger partial charge in [0.15, 0.2) is 0 Å². The number of hydrogen-bond donors (Lipinski definition) is 0. The maximum absolute atomic E-state index is 12.0. The lowest BCUT2D eigenvalue weighted by atomic mass is 10.2. The van der Waals surface area contributed by atoms with Gasteiger partial charge in [-0.3, -0.25) is 0 Å². The van der Waals surface area contributed by atoms with Crippen molar-refractivity contribution in [3.05, 3.63) is 11.9 Å². The van der Waals surface area contributed by atoms with Crippen molar-refractivity contribution in [2.24, 2.45) is 5.92 Å². The van der Waals surface area contributed by atoms with E-state index >= 15 is 0 Å². The third kappa shape index (κ3) is 4.00. The topological polar surface area (TPSA) is 26.3 Å². The van der Waals surface area contributed by atoms with Crippen molar-refractivity contribution >= 4 is 5.97 Å². The minimum atomic E-state index is -2.65. The van der Waals surface area contributed by atoms with Crippen LogP contribution in [0.3, 0.4) is 0 Å². The molecule has 70 valence electrons. The predicted molar refractivity (Wildman–Crippen MR) is 36.1 cm³/mol. The monoisotopic (exact) mass is 182 g/mol. The molecule has 0 unspecified atom stereocenters. The summed E-state index contributed by atoms with van der Waals surface area (Å²) < 4.78 is 39.0. The summed E-state index contributed by atoms with van der Waals surface area (Å²) in [5, 5.41) is 0. The van der Waals surface area contributed by atoms with Crippen LogP contribution >= 0.6 is 0 Å². The van der Waals surface area contributed by atoms with Crippen LogP contribution in [0, 0.1) is 5.92 Å². The fraction of sp³-hybridized carbons (Fsp3) is 0.571. The van der Waals surface area contributed by atoms with Gasteiger partial charge in [0.2, 0.25) is 0 Å².